The molecular weight excluding hydrogens is 508 g/mol. The summed E-state index contributed by atoms with van der Waals surface area (Å²) < 4.78 is 7.78. The number of anilines is 2. The molecule has 0 unspecified atom stereocenters. The third kappa shape index (κ3) is 5.22. The van der Waals surface area contributed by atoms with E-state index in [9.17, 15) is 4.79 Å². The van der Waals surface area contributed by atoms with Crippen LogP contribution in [0.1, 0.15) is 49.8 Å². The van der Waals surface area contributed by atoms with Crippen molar-refractivity contribution in [3.8, 4) is 11.6 Å². The highest BCUT2D eigenvalue weighted by Gasteiger charge is 2.42. The van der Waals surface area contributed by atoms with Gasteiger partial charge in [0, 0.05) is 41.5 Å². The summed E-state index contributed by atoms with van der Waals surface area (Å²) in [6, 6.07) is 19.3. The molecule has 0 bridgehead atoms. The van der Waals surface area contributed by atoms with Crippen LogP contribution in [0.2, 0.25) is 0 Å². The fourth-order valence-corrected chi connectivity index (χ4v) is 4.97. The van der Waals surface area contributed by atoms with E-state index in [4.69, 9.17) is 17.0 Å². The standard InChI is InChI=1S/C30H32N6O2S/c1-19-11-14-25(32-18-19)35-16-8-10-23(35)27-26(22-9-6-7-15-31-22)34-29(39)36(27)20-12-13-21(24(17-20)38-5)33-28(37)30(2,3)4/h6-18,26-27H,1-5H3,(H,33,37)(H,34,39)/t26-,27-/m1/s1. The quantitative estimate of drug-likeness (QED) is 0.302. The molecule has 1 aliphatic heterocycles. The number of amides is 1. The second-order valence-electron chi connectivity index (χ2n) is 10.6. The molecule has 4 aromatic rings. The van der Waals surface area contributed by atoms with Gasteiger partial charge in [-0.1, -0.05) is 32.9 Å². The van der Waals surface area contributed by atoms with Gasteiger partial charge in [-0.3, -0.25) is 9.78 Å². The van der Waals surface area contributed by atoms with Gasteiger partial charge in [-0.05, 0) is 67.2 Å². The highest BCUT2D eigenvalue weighted by Crippen LogP contribution is 2.44. The van der Waals surface area contributed by atoms with Gasteiger partial charge in [0.25, 0.3) is 0 Å². The van der Waals surface area contributed by atoms with Crippen molar-refractivity contribution in [2.75, 3.05) is 17.3 Å². The van der Waals surface area contributed by atoms with Crippen LogP contribution < -0.4 is 20.3 Å². The number of ether oxygens (including phenoxy) is 1. The summed E-state index contributed by atoms with van der Waals surface area (Å²) in [7, 11) is 1.59. The molecule has 2 N–H and O–H groups in total. The monoisotopic (exact) mass is 540 g/mol. The van der Waals surface area contributed by atoms with Crippen LogP contribution in [-0.2, 0) is 4.79 Å². The molecule has 8 nitrogen and oxygen atoms in total. The van der Waals surface area contributed by atoms with Crippen molar-refractivity contribution in [1.29, 1.82) is 0 Å². The minimum Gasteiger partial charge on any atom is -0.494 e. The smallest absolute Gasteiger partial charge is 0.229 e. The van der Waals surface area contributed by atoms with E-state index in [1.54, 1.807) is 13.3 Å². The van der Waals surface area contributed by atoms with E-state index in [1.807, 2.05) is 94.7 Å². The van der Waals surface area contributed by atoms with E-state index in [0.29, 0.717) is 16.5 Å². The molecule has 2 atom stereocenters. The van der Waals surface area contributed by atoms with Gasteiger partial charge >= 0.3 is 0 Å². The van der Waals surface area contributed by atoms with E-state index >= 15 is 0 Å². The van der Waals surface area contributed by atoms with Gasteiger partial charge in [0.05, 0.1) is 24.5 Å². The van der Waals surface area contributed by atoms with Crippen LogP contribution >= 0.6 is 12.2 Å². The lowest BCUT2D eigenvalue weighted by Crippen LogP contribution is -2.30. The zero-order chi connectivity index (χ0) is 27.7. The van der Waals surface area contributed by atoms with Crippen LogP contribution in [0, 0.1) is 12.3 Å². The Morgan fingerprint density at radius 1 is 1.08 bits per heavy atom. The number of thiocarbonyl (C=S) groups is 1. The van der Waals surface area contributed by atoms with Crippen molar-refractivity contribution in [3.05, 3.63) is 96.2 Å². The molecule has 1 aliphatic rings. The molecule has 39 heavy (non-hydrogen) atoms. The Hall–Kier alpha value is -4.24. The van der Waals surface area contributed by atoms with Gasteiger partial charge in [0.15, 0.2) is 5.11 Å². The lowest BCUT2D eigenvalue weighted by molar-refractivity contribution is -0.123. The number of aromatic nitrogens is 3. The molecule has 1 aromatic carbocycles. The van der Waals surface area contributed by atoms with Crippen LogP contribution in [0.25, 0.3) is 5.82 Å². The van der Waals surface area contributed by atoms with Crippen molar-refractivity contribution in [3.63, 3.8) is 0 Å². The molecule has 4 heterocycles. The maximum atomic E-state index is 12.7. The van der Waals surface area contributed by atoms with Crippen LogP contribution in [0.15, 0.2) is 79.3 Å². The molecule has 0 saturated carbocycles. The number of benzene rings is 1. The lowest BCUT2D eigenvalue weighted by atomic mass is 9.95. The van der Waals surface area contributed by atoms with E-state index in [0.717, 1.165) is 28.5 Å². The molecule has 5 rings (SSSR count). The van der Waals surface area contributed by atoms with Gasteiger partial charge in [0.1, 0.15) is 17.6 Å². The Morgan fingerprint density at radius 3 is 2.56 bits per heavy atom. The second kappa shape index (κ2) is 10.5. The number of rotatable bonds is 6. The average Bonchev–Trinajstić information content (AvgIpc) is 3.53. The molecule has 1 saturated heterocycles. The van der Waals surface area contributed by atoms with Gasteiger partial charge in [-0.25, -0.2) is 4.98 Å². The maximum Gasteiger partial charge on any atom is 0.229 e. The van der Waals surface area contributed by atoms with Crippen LogP contribution in [-0.4, -0.2) is 32.7 Å². The van der Waals surface area contributed by atoms with Gasteiger partial charge < -0.3 is 24.8 Å². The summed E-state index contributed by atoms with van der Waals surface area (Å²) in [4.78, 5) is 24.1. The van der Waals surface area contributed by atoms with Crippen molar-refractivity contribution in [1.82, 2.24) is 19.9 Å². The number of hydrogen-bond donors (Lipinski definition) is 2. The fraction of sp³-hybridized carbons (Fsp3) is 0.267. The van der Waals surface area contributed by atoms with Gasteiger partial charge in [-0.2, -0.15) is 0 Å². The molecule has 9 heteroatoms. The zero-order valence-electron chi connectivity index (χ0n) is 22.7. The number of hydrogen-bond acceptors (Lipinski definition) is 5. The maximum absolute atomic E-state index is 12.7. The Labute approximate surface area is 234 Å². The SMILES string of the molecule is COc1cc(N2C(=S)N[C@H](c3ccccn3)[C@H]2c2cccn2-c2ccc(C)cn2)ccc1NC(=O)C(C)(C)C. The van der Waals surface area contributed by atoms with Crippen LogP contribution in [0.5, 0.6) is 5.75 Å². The predicted octanol–water partition coefficient (Wildman–Crippen LogP) is 5.75. The summed E-state index contributed by atoms with van der Waals surface area (Å²) in [6.45, 7) is 7.64. The molecule has 1 amide bonds. The third-order valence-electron chi connectivity index (χ3n) is 6.72. The number of methoxy groups -OCH3 is 1. The Kier molecular flexibility index (Phi) is 7.10. The first kappa shape index (κ1) is 26.4. The predicted molar refractivity (Wildman–Crippen MR) is 157 cm³/mol. The third-order valence-corrected chi connectivity index (χ3v) is 7.03. The summed E-state index contributed by atoms with van der Waals surface area (Å²) in [5, 5.41) is 7.05. The summed E-state index contributed by atoms with van der Waals surface area (Å²) >= 11 is 5.91. The van der Waals surface area contributed by atoms with Crippen molar-refractivity contribution >= 4 is 34.6 Å². The van der Waals surface area contributed by atoms with Gasteiger partial charge in [0.2, 0.25) is 5.91 Å². The van der Waals surface area contributed by atoms with Gasteiger partial charge in [-0.15, -0.1) is 0 Å². The molecule has 1 fully saturated rings. The molecule has 0 spiro atoms. The second-order valence-corrected chi connectivity index (χ2v) is 11.0. The normalized spacial score (nSPS) is 17.2. The minimum atomic E-state index is -0.541. The highest BCUT2D eigenvalue weighted by molar-refractivity contribution is 7.80. The number of pyridine rings is 2. The van der Waals surface area contributed by atoms with Crippen molar-refractivity contribution in [2.45, 2.75) is 39.8 Å². The van der Waals surface area contributed by atoms with E-state index in [2.05, 4.69) is 36.1 Å². The summed E-state index contributed by atoms with van der Waals surface area (Å²) in [6.07, 6.45) is 5.66. The Morgan fingerprint density at radius 2 is 1.90 bits per heavy atom. The first-order valence-electron chi connectivity index (χ1n) is 12.8. The van der Waals surface area contributed by atoms with Crippen LogP contribution in [0.3, 0.4) is 0 Å². The molecular formula is C30H32N6O2S. The number of carbonyl (C=O) groups is 1. The molecule has 3 aromatic heterocycles. The molecule has 0 aliphatic carbocycles. The minimum absolute atomic E-state index is 0.0940. The average molecular weight is 541 g/mol. The number of carbonyl (C=O) groups excluding carboxylic acids is 1. The summed E-state index contributed by atoms with van der Waals surface area (Å²) in [5.74, 6) is 1.27. The topological polar surface area (TPSA) is 84.3 Å². The first-order valence-corrected chi connectivity index (χ1v) is 13.2. The largest absolute Gasteiger partial charge is 0.494 e. The number of nitrogens with zero attached hydrogens (tertiary/aromatic N) is 4. The van der Waals surface area contributed by atoms with Crippen molar-refractivity contribution in [2.24, 2.45) is 5.41 Å². The zero-order valence-corrected chi connectivity index (χ0v) is 23.5. The molecule has 0 radical (unpaired) electrons. The van der Waals surface area contributed by atoms with E-state index < -0.39 is 5.41 Å². The van der Waals surface area contributed by atoms with E-state index in [-0.39, 0.29) is 18.0 Å². The first-order chi connectivity index (χ1) is 18.7. The highest BCUT2D eigenvalue weighted by atomic mass is 32.1. The number of aryl methyl sites for hydroxylation is 1. The van der Waals surface area contributed by atoms with Crippen LogP contribution in [0.4, 0.5) is 11.4 Å². The fourth-order valence-electron chi connectivity index (χ4n) is 4.62. The lowest BCUT2D eigenvalue weighted by Gasteiger charge is -2.29. The Balaban J connectivity index is 1.60. The number of nitrogens with one attached hydrogen (secondary N) is 2. The molecule has 200 valence electrons. The van der Waals surface area contributed by atoms with Crippen molar-refractivity contribution < 1.29 is 9.53 Å². The summed E-state index contributed by atoms with van der Waals surface area (Å²) in [5.41, 5.74) is 3.85. The van der Waals surface area contributed by atoms with E-state index in [1.165, 1.54) is 0 Å². The Bertz CT molecular complexity index is 1490.